The Hall–Kier alpha value is -2.86. The summed E-state index contributed by atoms with van der Waals surface area (Å²) in [6, 6.07) is 13.5. The van der Waals surface area contributed by atoms with Crippen LogP contribution in [-0.2, 0) is 17.9 Å². The lowest BCUT2D eigenvalue weighted by Gasteiger charge is -2.29. The van der Waals surface area contributed by atoms with E-state index < -0.39 is 0 Å². The van der Waals surface area contributed by atoms with E-state index in [2.05, 4.69) is 24.1 Å². The summed E-state index contributed by atoms with van der Waals surface area (Å²) in [5.41, 5.74) is 3.58. The molecule has 196 valence electrons. The Balaban J connectivity index is 1.86. The Morgan fingerprint density at radius 1 is 1.00 bits per heavy atom. The standard InChI is InChI=1S/C30H43N3O3/c1-23(2)15-18-32-16-8-6-5-7-9-17-33(24(3)34)29-14-13-26(20-27(29)22-32)30(35)31-21-25-11-10-12-28(19-25)36-4/h10-14,19-20,23H,5-9,15-18,21-22H2,1-4H3,(H,31,35). The molecule has 1 aliphatic heterocycles. The van der Waals surface area contributed by atoms with Crippen molar-refractivity contribution in [3.63, 3.8) is 0 Å². The minimum atomic E-state index is -0.116. The molecule has 0 unspecified atom stereocenters. The third-order valence-electron chi connectivity index (χ3n) is 6.87. The third-order valence-corrected chi connectivity index (χ3v) is 6.87. The molecule has 36 heavy (non-hydrogen) atoms. The number of methoxy groups -OCH3 is 1. The molecule has 0 saturated heterocycles. The van der Waals surface area contributed by atoms with E-state index in [9.17, 15) is 9.59 Å². The van der Waals surface area contributed by atoms with Crippen LogP contribution < -0.4 is 15.0 Å². The first-order valence-corrected chi connectivity index (χ1v) is 13.4. The highest BCUT2D eigenvalue weighted by atomic mass is 16.5. The number of rotatable bonds is 7. The molecule has 0 bridgehead atoms. The first-order chi connectivity index (χ1) is 17.4. The van der Waals surface area contributed by atoms with Gasteiger partial charge in [-0.25, -0.2) is 0 Å². The van der Waals surface area contributed by atoms with Crippen LogP contribution >= 0.6 is 0 Å². The predicted octanol–water partition coefficient (Wildman–Crippen LogP) is 5.79. The van der Waals surface area contributed by atoms with Crippen LogP contribution in [0.3, 0.4) is 0 Å². The quantitative estimate of drug-likeness (QED) is 0.530. The lowest BCUT2D eigenvalue weighted by atomic mass is 10.0. The number of hydrogen-bond acceptors (Lipinski definition) is 4. The number of nitrogens with one attached hydrogen (secondary N) is 1. The highest BCUT2D eigenvalue weighted by Gasteiger charge is 2.20. The summed E-state index contributed by atoms with van der Waals surface area (Å²) in [5.74, 6) is 1.34. The van der Waals surface area contributed by atoms with Crippen LogP contribution in [-0.4, -0.2) is 43.5 Å². The number of amides is 2. The van der Waals surface area contributed by atoms with Gasteiger partial charge in [0.1, 0.15) is 5.75 Å². The number of ether oxygens (including phenoxy) is 1. The van der Waals surface area contributed by atoms with Gasteiger partial charge in [-0.05, 0) is 79.7 Å². The molecule has 0 spiro atoms. The lowest BCUT2D eigenvalue weighted by molar-refractivity contribution is -0.116. The van der Waals surface area contributed by atoms with E-state index in [-0.39, 0.29) is 11.8 Å². The van der Waals surface area contributed by atoms with Gasteiger partial charge in [-0.1, -0.05) is 45.2 Å². The van der Waals surface area contributed by atoms with E-state index in [1.807, 2.05) is 47.4 Å². The number of nitrogens with zero attached hydrogens (tertiary/aromatic N) is 2. The van der Waals surface area contributed by atoms with Crippen molar-refractivity contribution in [1.82, 2.24) is 10.2 Å². The molecule has 0 aliphatic carbocycles. The van der Waals surface area contributed by atoms with Gasteiger partial charge in [0, 0.05) is 37.8 Å². The van der Waals surface area contributed by atoms with E-state index in [1.165, 1.54) is 19.3 Å². The molecular formula is C30H43N3O3. The average molecular weight is 494 g/mol. The molecule has 3 rings (SSSR count). The van der Waals surface area contributed by atoms with E-state index in [0.717, 1.165) is 68.0 Å². The molecule has 1 heterocycles. The summed E-state index contributed by atoms with van der Waals surface area (Å²) in [6.45, 7) is 10.1. The monoisotopic (exact) mass is 493 g/mol. The normalized spacial score (nSPS) is 15.5. The highest BCUT2D eigenvalue weighted by Crippen LogP contribution is 2.26. The fourth-order valence-electron chi connectivity index (χ4n) is 4.72. The molecule has 0 atom stereocenters. The highest BCUT2D eigenvalue weighted by molar-refractivity contribution is 5.97. The fraction of sp³-hybridized carbons (Fsp3) is 0.533. The van der Waals surface area contributed by atoms with Crippen molar-refractivity contribution >= 4 is 17.5 Å². The number of fused-ring (bicyclic) bond motifs is 1. The molecular weight excluding hydrogens is 450 g/mol. The number of hydrogen-bond donors (Lipinski definition) is 1. The summed E-state index contributed by atoms with van der Waals surface area (Å²) in [5, 5.41) is 3.04. The van der Waals surface area contributed by atoms with Crippen LogP contribution in [0.4, 0.5) is 5.69 Å². The summed E-state index contributed by atoms with van der Waals surface area (Å²) >= 11 is 0. The molecule has 6 heteroatoms. The van der Waals surface area contributed by atoms with Crippen LogP contribution in [0.15, 0.2) is 42.5 Å². The van der Waals surface area contributed by atoms with Gasteiger partial charge in [-0.3, -0.25) is 14.5 Å². The molecule has 0 fully saturated rings. The molecule has 0 saturated carbocycles. The van der Waals surface area contributed by atoms with Gasteiger partial charge in [-0.15, -0.1) is 0 Å². The van der Waals surface area contributed by atoms with Gasteiger partial charge >= 0.3 is 0 Å². The van der Waals surface area contributed by atoms with E-state index in [1.54, 1.807) is 14.0 Å². The molecule has 1 aliphatic rings. The van der Waals surface area contributed by atoms with Crippen molar-refractivity contribution in [2.24, 2.45) is 5.92 Å². The zero-order valence-corrected chi connectivity index (χ0v) is 22.5. The maximum atomic E-state index is 13.1. The Bertz CT molecular complexity index is 1000. The summed E-state index contributed by atoms with van der Waals surface area (Å²) in [6.07, 6.45) is 6.88. The van der Waals surface area contributed by atoms with Crippen molar-refractivity contribution in [3.8, 4) is 5.75 Å². The molecule has 1 N–H and O–H groups in total. The Morgan fingerprint density at radius 3 is 2.47 bits per heavy atom. The minimum Gasteiger partial charge on any atom is -0.497 e. The second kappa shape index (κ2) is 14.0. The van der Waals surface area contributed by atoms with Crippen LogP contribution in [0.1, 0.15) is 80.8 Å². The first kappa shape index (κ1) is 27.7. The molecule has 0 radical (unpaired) electrons. The lowest BCUT2D eigenvalue weighted by Crippen LogP contribution is -2.33. The van der Waals surface area contributed by atoms with Crippen molar-refractivity contribution in [1.29, 1.82) is 0 Å². The van der Waals surface area contributed by atoms with Gasteiger partial charge in [-0.2, -0.15) is 0 Å². The largest absolute Gasteiger partial charge is 0.497 e. The minimum absolute atomic E-state index is 0.0530. The van der Waals surface area contributed by atoms with Crippen LogP contribution in [0, 0.1) is 5.92 Å². The first-order valence-electron chi connectivity index (χ1n) is 13.4. The van der Waals surface area contributed by atoms with Crippen molar-refractivity contribution in [3.05, 3.63) is 59.2 Å². The predicted molar refractivity (Wildman–Crippen MR) is 146 cm³/mol. The van der Waals surface area contributed by atoms with Gasteiger partial charge in [0.25, 0.3) is 5.91 Å². The molecule has 2 amide bonds. The summed E-state index contributed by atoms with van der Waals surface area (Å²) in [4.78, 5) is 30.1. The molecule has 0 aromatic heterocycles. The Kier molecular flexibility index (Phi) is 10.8. The Labute approximate surface area is 217 Å². The molecule has 2 aromatic carbocycles. The fourth-order valence-corrected chi connectivity index (χ4v) is 4.72. The zero-order valence-electron chi connectivity index (χ0n) is 22.5. The second-order valence-corrected chi connectivity index (χ2v) is 10.3. The number of benzene rings is 2. The van der Waals surface area contributed by atoms with E-state index >= 15 is 0 Å². The van der Waals surface area contributed by atoms with E-state index in [4.69, 9.17) is 4.74 Å². The van der Waals surface area contributed by atoms with Gasteiger partial charge in [0.05, 0.1) is 7.11 Å². The molecule has 2 aromatic rings. The van der Waals surface area contributed by atoms with Crippen molar-refractivity contribution in [2.75, 3.05) is 31.6 Å². The van der Waals surface area contributed by atoms with Gasteiger partial charge in [0.15, 0.2) is 0 Å². The zero-order chi connectivity index (χ0) is 25.9. The van der Waals surface area contributed by atoms with Crippen LogP contribution in [0.25, 0.3) is 0 Å². The van der Waals surface area contributed by atoms with Crippen molar-refractivity contribution < 1.29 is 14.3 Å². The van der Waals surface area contributed by atoms with Crippen LogP contribution in [0.5, 0.6) is 5.75 Å². The topological polar surface area (TPSA) is 61.9 Å². The molecule has 6 nitrogen and oxygen atoms in total. The third kappa shape index (κ3) is 8.37. The van der Waals surface area contributed by atoms with Crippen molar-refractivity contribution in [2.45, 2.75) is 72.4 Å². The second-order valence-electron chi connectivity index (χ2n) is 10.3. The summed E-state index contributed by atoms with van der Waals surface area (Å²) in [7, 11) is 1.64. The number of anilines is 1. The van der Waals surface area contributed by atoms with E-state index in [0.29, 0.717) is 18.0 Å². The number of carbonyl (C=O) groups excluding carboxylic acids is 2. The maximum absolute atomic E-state index is 13.1. The van der Waals surface area contributed by atoms with Crippen LogP contribution in [0.2, 0.25) is 0 Å². The Morgan fingerprint density at radius 2 is 1.75 bits per heavy atom. The number of carbonyl (C=O) groups is 2. The SMILES string of the molecule is COc1cccc(CNC(=O)c2ccc3c(c2)CN(CCC(C)C)CCCCCCCN3C(C)=O)c1. The van der Waals surface area contributed by atoms with Gasteiger partial charge < -0.3 is 15.0 Å². The summed E-state index contributed by atoms with van der Waals surface area (Å²) < 4.78 is 5.29. The van der Waals surface area contributed by atoms with Gasteiger partial charge in [0.2, 0.25) is 5.91 Å². The smallest absolute Gasteiger partial charge is 0.251 e. The maximum Gasteiger partial charge on any atom is 0.251 e. The average Bonchev–Trinajstić information content (AvgIpc) is 2.86.